The first-order valence-corrected chi connectivity index (χ1v) is 18.9. The van der Waals surface area contributed by atoms with E-state index in [0.29, 0.717) is 33.0 Å². The molecule has 1 saturated carbocycles. The normalized spacial score (nSPS) is 22.4. The molecule has 5 aromatic rings. The molecule has 290 valence electrons. The lowest BCUT2D eigenvalue weighted by molar-refractivity contribution is -0.318. The second kappa shape index (κ2) is 21.7. The van der Waals surface area contributed by atoms with E-state index in [1.54, 1.807) is 7.11 Å². The van der Waals surface area contributed by atoms with Crippen LogP contribution in [0.25, 0.3) is 0 Å². The predicted octanol–water partition coefficient (Wildman–Crippen LogP) is 7.26. The maximum absolute atomic E-state index is 7.38. The highest BCUT2D eigenvalue weighted by molar-refractivity contribution is 5.21. The van der Waals surface area contributed by atoms with E-state index in [-0.39, 0.29) is 26.6 Å². The molecule has 2 N–H and O–H groups in total. The molecule has 0 amide bonds. The van der Waals surface area contributed by atoms with Gasteiger partial charge in [-0.1, -0.05) is 152 Å². The molecule has 0 aromatic heterocycles. The average Bonchev–Trinajstić information content (AvgIpc) is 3.24. The molecule has 1 aliphatic rings. The Labute approximate surface area is 325 Å². The van der Waals surface area contributed by atoms with Gasteiger partial charge in [0.1, 0.15) is 36.8 Å². The Hall–Kier alpha value is -4.26. The van der Waals surface area contributed by atoms with Crippen molar-refractivity contribution in [2.24, 2.45) is 5.73 Å². The van der Waals surface area contributed by atoms with Crippen LogP contribution in [0.4, 0.5) is 0 Å². The molecule has 0 spiro atoms. The van der Waals surface area contributed by atoms with E-state index < -0.39 is 36.1 Å². The van der Waals surface area contributed by atoms with Gasteiger partial charge in [0.25, 0.3) is 0 Å². The molecule has 9 heteroatoms. The van der Waals surface area contributed by atoms with Gasteiger partial charge in [-0.25, -0.2) is 0 Å². The van der Waals surface area contributed by atoms with Gasteiger partial charge in [0.15, 0.2) is 0 Å². The Morgan fingerprint density at radius 3 is 1.38 bits per heavy atom. The summed E-state index contributed by atoms with van der Waals surface area (Å²) >= 11 is 0. The standard InChI is InChI=1S/C46H53NO8/c1-48-27-28-49-35-54-44-41(47)42(51-30-37-19-9-3-10-20-37)43(52-31-38-21-11-4-12-22-38)45(53-32-39-23-13-5-14-24-39)46(44,55-33-40-25-15-6-16-26-40)34-50-29-36-17-7-2-8-18-36/h2-26,41-45H,27-35,47H2,1H3/t41-,42+,43-,44+,45+,46-/m1/s1. The summed E-state index contributed by atoms with van der Waals surface area (Å²) in [6, 6.07) is 49.4. The van der Waals surface area contributed by atoms with E-state index in [2.05, 4.69) is 0 Å². The summed E-state index contributed by atoms with van der Waals surface area (Å²) in [6.07, 6.45) is -3.02. The van der Waals surface area contributed by atoms with Crippen LogP contribution < -0.4 is 5.73 Å². The molecule has 55 heavy (non-hydrogen) atoms. The van der Waals surface area contributed by atoms with Gasteiger partial charge in [-0.05, 0) is 27.8 Å². The molecule has 1 fully saturated rings. The van der Waals surface area contributed by atoms with Crippen LogP contribution in [0.3, 0.4) is 0 Å². The summed E-state index contributed by atoms with van der Waals surface area (Å²) in [6.45, 7) is 2.18. The molecule has 6 atom stereocenters. The van der Waals surface area contributed by atoms with Gasteiger partial charge in [-0.2, -0.15) is 0 Å². The molecule has 9 nitrogen and oxygen atoms in total. The zero-order valence-electron chi connectivity index (χ0n) is 31.5. The molecule has 0 aliphatic heterocycles. The molecule has 0 saturated heterocycles. The Morgan fingerprint density at radius 1 is 0.455 bits per heavy atom. The molecule has 0 radical (unpaired) electrons. The van der Waals surface area contributed by atoms with E-state index in [4.69, 9.17) is 43.6 Å². The topological polar surface area (TPSA) is 99.9 Å². The second-order valence-corrected chi connectivity index (χ2v) is 13.6. The van der Waals surface area contributed by atoms with Crippen LogP contribution in [0.2, 0.25) is 0 Å². The lowest BCUT2D eigenvalue weighted by atomic mass is 9.73. The van der Waals surface area contributed by atoms with Gasteiger partial charge in [-0.15, -0.1) is 0 Å². The first-order valence-electron chi connectivity index (χ1n) is 18.9. The van der Waals surface area contributed by atoms with Crippen LogP contribution in [0.15, 0.2) is 152 Å². The van der Waals surface area contributed by atoms with E-state index in [0.717, 1.165) is 27.8 Å². The largest absolute Gasteiger partial charge is 0.382 e. The van der Waals surface area contributed by atoms with E-state index >= 15 is 0 Å². The number of hydrogen-bond acceptors (Lipinski definition) is 9. The highest BCUT2D eigenvalue weighted by Crippen LogP contribution is 2.41. The minimum Gasteiger partial charge on any atom is -0.382 e. The van der Waals surface area contributed by atoms with Crippen LogP contribution in [0, 0.1) is 0 Å². The molecular weight excluding hydrogens is 695 g/mol. The van der Waals surface area contributed by atoms with Gasteiger partial charge in [-0.3, -0.25) is 0 Å². The highest BCUT2D eigenvalue weighted by Gasteiger charge is 2.62. The SMILES string of the molecule is COCCOCO[C@H]1[C@H](N)[C@H](OCc2ccccc2)[C@@H](OCc2ccccc2)[C@H](OCc2ccccc2)[C@]1(COCc1ccccc1)OCc1ccccc1. The monoisotopic (exact) mass is 747 g/mol. The molecular formula is C46H53NO8. The van der Waals surface area contributed by atoms with Crippen LogP contribution in [-0.4, -0.2) is 69.8 Å². The van der Waals surface area contributed by atoms with Crippen LogP contribution in [-0.2, 0) is 70.9 Å². The van der Waals surface area contributed by atoms with Crippen molar-refractivity contribution in [3.05, 3.63) is 179 Å². The van der Waals surface area contributed by atoms with Crippen molar-refractivity contribution in [1.29, 1.82) is 0 Å². The minimum atomic E-state index is -1.31. The average molecular weight is 748 g/mol. The van der Waals surface area contributed by atoms with Crippen molar-refractivity contribution in [3.8, 4) is 0 Å². The van der Waals surface area contributed by atoms with Crippen molar-refractivity contribution in [3.63, 3.8) is 0 Å². The fraction of sp³-hybridized carbons (Fsp3) is 0.348. The quantitative estimate of drug-likeness (QED) is 0.0580. The zero-order valence-corrected chi connectivity index (χ0v) is 31.5. The first kappa shape index (κ1) is 40.4. The van der Waals surface area contributed by atoms with Crippen molar-refractivity contribution in [2.45, 2.75) is 69.1 Å². The summed E-state index contributed by atoms with van der Waals surface area (Å²) in [7, 11) is 1.63. The van der Waals surface area contributed by atoms with E-state index in [9.17, 15) is 0 Å². The minimum absolute atomic E-state index is 0.0663. The third-order valence-corrected chi connectivity index (χ3v) is 9.71. The number of ether oxygens (including phenoxy) is 8. The van der Waals surface area contributed by atoms with Gasteiger partial charge in [0, 0.05) is 7.11 Å². The number of benzene rings is 5. The van der Waals surface area contributed by atoms with Crippen LogP contribution in [0.1, 0.15) is 27.8 Å². The van der Waals surface area contributed by atoms with E-state index in [1.807, 2.05) is 152 Å². The fourth-order valence-corrected chi connectivity index (χ4v) is 6.89. The Morgan fingerprint density at radius 2 is 0.891 bits per heavy atom. The van der Waals surface area contributed by atoms with Gasteiger partial charge < -0.3 is 43.6 Å². The summed E-state index contributed by atoms with van der Waals surface area (Å²) in [5.74, 6) is 0. The lowest BCUT2D eigenvalue weighted by Crippen LogP contribution is -2.77. The Kier molecular flexibility index (Phi) is 16.0. The van der Waals surface area contributed by atoms with Crippen LogP contribution in [0.5, 0.6) is 0 Å². The fourth-order valence-electron chi connectivity index (χ4n) is 6.89. The zero-order chi connectivity index (χ0) is 38.0. The van der Waals surface area contributed by atoms with Crippen molar-refractivity contribution >= 4 is 0 Å². The highest BCUT2D eigenvalue weighted by atomic mass is 16.7. The maximum Gasteiger partial charge on any atom is 0.148 e. The molecule has 1 aliphatic carbocycles. The second-order valence-electron chi connectivity index (χ2n) is 13.6. The third-order valence-electron chi connectivity index (χ3n) is 9.71. The van der Waals surface area contributed by atoms with Crippen molar-refractivity contribution < 1.29 is 37.9 Å². The number of nitrogens with two attached hydrogens (primary N) is 1. The van der Waals surface area contributed by atoms with Crippen molar-refractivity contribution in [2.75, 3.05) is 33.7 Å². The maximum atomic E-state index is 7.38. The molecule has 0 unspecified atom stereocenters. The molecule has 0 bridgehead atoms. The summed E-state index contributed by atoms with van der Waals surface area (Å²) in [5.41, 5.74) is 11.1. The number of methoxy groups -OCH3 is 1. The van der Waals surface area contributed by atoms with Gasteiger partial charge in [0.05, 0.1) is 58.9 Å². The number of rotatable bonds is 22. The van der Waals surface area contributed by atoms with E-state index in [1.165, 1.54) is 0 Å². The van der Waals surface area contributed by atoms with Crippen LogP contribution >= 0.6 is 0 Å². The first-order chi connectivity index (χ1) is 27.2. The smallest absolute Gasteiger partial charge is 0.148 e. The third kappa shape index (κ3) is 11.6. The molecule has 0 heterocycles. The predicted molar refractivity (Wildman–Crippen MR) is 211 cm³/mol. The van der Waals surface area contributed by atoms with Gasteiger partial charge >= 0.3 is 0 Å². The number of hydrogen-bond donors (Lipinski definition) is 1. The molecule has 5 aromatic carbocycles. The summed E-state index contributed by atoms with van der Waals surface area (Å²) < 4.78 is 52.5. The Balaban J connectivity index is 1.43. The summed E-state index contributed by atoms with van der Waals surface area (Å²) in [4.78, 5) is 0. The molecule has 6 rings (SSSR count). The van der Waals surface area contributed by atoms with Gasteiger partial charge in [0.2, 0.25) is 0 Å². The Bertz CT molecular complexity index is 1750. The summed E-state index contributed by atoms with van der Waals surface area (Å²) in [5, 5.41) is 0. The lowest BCUT2D eigenvalue weighted by Gasteiger charge is -2.55. The van der Waals surface area contributed by atoms with Crippen molar-refractivity contribution in [1.82, 2.24) is 0 Å².